The van der Waals surface area contributed by atoms with Crippen molar-refractivity contribution in [2.75, 3.05) is 6.61 Å². The highest BCUT2D eigenvalue weighted by atomic mass is 19.1. The van der Waals surface area contributed by atoms with Gasteiger partial charge in [-0.3, -0.25) is 0 Å². The summed E-state index contributed by atoms with van der Waals surface area (Å²) >= 11 is 0. The van der Waals surface area contributed by atoms with E-state index in [1.165, 1.54) is 6.07 Å². The van der Waals surface area contributed by atoms with Gasteiger partial charge in [0, 0.05) is 37.8 Å². The maximum absolute atomic E-state index is 13.3. The van der Waals surface area contributed by atoms with E-state index >= 15 is 0 Å². The van der Waals surface area contributed by atoms with Crippen LogP contribution in [0, 0.1) is 5.82 Å². The Balaban J connectivity index is 1.76. The molecule has 4 nitrogen and oxygen atoms in total. The number of halogens is 1. The molecule has 2 heterocycles. The van der Waals surface area contributed by atoms with Crippen molar-refractivity contribution in [3.63, 3.8) is 0 Å². The zero-order valence-electron chi connectivity index (χ0n) is 10.8. The summed E-state index contributed by atoms with van der Waals surface area (Å²) in [6, 6.07) is 4.80. The Hall–Kier alpha value is -1.88. The standard InChI is InChI=1S/C14H16FN3O/c1-18-9-16-7-11(18)8-17-13-4-5-19-14-3-2-10(15)6-12(13)14/h2-3,6-7,9,13,17H,4-5,8H2,1H3/t13-/m0/s1. The van der Waals surface area contributed by atoms with Gasteiger partial charge in [-0.1, -0.05) is 0 Å². The summed E-state index contributed by atoms with van der Waals surface area (Å²) in [5, 5.41) is 3.44. The van der Waals surface area contributed by atoms with Gasteiger partial charge in [-0.15, -0.1) is 0 Å². The van der Waals surface area contributed by atoms with Crippen molar-refractivity contribution in [2.24, 2.45) is 7.05 Å². The minimum Gasteiger partial charge on any atom is -0.493 e. The predicted molar refractivity (Wildman–Crippen MR) is 69.3 cm³/mol. The molecule has 0 bridgehead atoms. The topological polar surface area (TPSA) is 39.1 Å². The van der Waals surface area contributed by atoms with Crippen LogP contribution in [0.3, 0.4) is 0 Å². The number of nitrogens with zero attached hydrogens (tertiary/aromatic N) is 2. The van der Waals surface area contributed by atoms with Crippen LogP contribution in [0.1, 0.15) is 23.7 Å². The van der Waals surface area contributed by atoms with E-state index in [2.05, 4.69) is 10.3 Å². The van der Waals surface area contributed by atoms with Gasteiger partial charge >= 0.3 is 0 Å². The van der Waals surface area contributed by atoms with Gasteiger partial charge in [0.25, 0.3) is 0 Å². The van der Waals surface area contributed by atoms with E-state index in [0.29, 0.717) is 13.2 Å². The molecule has 1 aromatic carbocycles. The normalized spacial score (nSPS) is 17.9. The number of hydrogen-bond acceptors (Lipinski definition) is 3. The fourth-order valence-corrected chi connectivity index (χ4v) is 2.36. The third-order valence-electron chi connectivity index (χ3n) is 3.46. The van der Waals surface area contributed by atoms with Crippen molar-refractivity contribution in [1.82, 2.24) is 14.9 Å². The average molecular weight is 261 g/mol. The van der Waals surface area contributed by atoms with Crippen LogP contribution in [-0.2, 0) is 13.6 Å². The molecule has 0 radical (unpaired) electrons. The zero-order valence-corrected chi connectivity index (χ0v) is 10.8. The highest BCUT2D eigenvalue weighted by Gasteiger charge is 2.21. The molecule has 1 aromatic heterocycles. The first-order valence-corrected chi connectivity index (χ1v) is 6.35. The first-order chi connectivity index (χ1) is 9.24. The quantitative estimate of drug-likeness (QED) is 0.920. The summed E-state index contributed by atoms with van der Waals surface area (Å²) in [6.07, 6.45) is 4.45. The summed E-state index contributed by atoms with van der Waals surface area (Å²) in [7, 11) is 1.96. The van der Waals surface area contributed by atoms with Crippen molar-refractivity contribution in [2.45, 2.75) is 19.0 Å². The molecule has 1 atom stereocenters. The first-order valence-electron chi connectivity index (χ1n) is 6.35. The number of rotatable bonds is 3. The van der Waals surface area contributed by atoms with Crippen LogP contribution in [0.25, 0.3) is 0 Å². The van der Waals surface area contributed by atoms with Gasteiger partial charge in [0.15, 0.2) is 0 Å². The average Bonchev–Trinajstić information content (AvgIpc) is 2.82. The molecule has 5 heteroatoms. The molecule has 0 fully saturated rings. The number of fused-ring (bicyclic) bond motifs is 1. The molecular formula is C14H16FN3O. The van der Waals surface area contributed by atoms with Gasteiger partial charge in [-0.05, 0) is 18.2 Å². The largest absolute Gasteiger partial charge is 0.493 e. The van der Waals surface area contributed by atoms with Gasteiger partial charge in [-0.25, -0.2) is 9.37 Å². The van der Waals surface area contributed by atoms with Gasteiger partial charge in [-0.2, -0.15) is 0 Å². The van der Waals surface area contributed by atoms with Gasteiger partial charge in [0.05, 0.1) is 18.6 Å². The lowest BCUT2D eigenvalue weighted by Crippen LogP contribution is -2.27. The van der Waals surface area contributed by atoms with E-state index < -0.39 is 0 Å². The van der Waals surface area contributed by atoms with Crippen molar-refractivity contribution in [1.29, 1.82) is 0 Å². The summed E-state index contributed by atoms with van der Waals surface area (Å²) in [5.74, 6) is 0.548. The Bertz CT molecular complexity index is 582. The molecule has 2 aromatic rings. The lowest BCUT2D eigenvalue weighted by atomic mass is 10.0. The Morgan fingerprint density at radius 3 is 3.21 bits per heavy atom. The molecule has 0 unspecified atom stereocenters. The van der Waals surface area contributed by atoms with E-state index in [4.69, 9.17) is 4.74 Å². The fraction of sp³-hybridized carbons (Fsp3) is 0.357. The summed E-state index contributed by atoms with van der Waals surface area (Å²) in [6.45, 7) is 1.36. The summed E-state index contributed by atoms with van der Waals surface area (Å²) in [4.78, 5) is 4.08. The molecule has 100 valence electrons. The second-order valence-electron chi connectivity index (χ2n) is 4.75. The number of benzene rings is 1. The SMILES string of the molecule is Cn1cncc1CN[C@H]1CCOc2ccc(F)cc21. The van der Waals surface area contributed by atoms with E-state index in [9.17, 15) is 4.39 Å². The zero-order chi connectivity index (χ0) is 13.2. The second kappa shape index (κ2) is 5.01. The van der Waals surface area contributed by atoms with Gasteiger partial charge < -0.3 is 14.6 Å². The number of ether oxygens (including phenoxy) is 1. The monoisotopic (exact) mass is 261 g/mol. The molecule has 19 heavy (non-hydrogen) atoms. The van der Waals surface area contributed by atoms with Crippen molar-refractivity contribution in [3.05, 3.63) is 47.8 Å². The van der Waals surface area contributed by atoms with Crippen molar-refractivity contribution < 1.29 is 9.13 Å². The van der Waals surface area contributed by atoms with Crippen LogP contribution in [-0.4, -0.2) is 16.2 Å². The molecule has 0 aliphatic carbocycles. The molecule has 0 amide bonds. The lowest BCUT2D eigenvalue weighted by molar-refractivity contribution is 0.251. The molecule has 3 rings (SSSR count). The van der Waals surface area contributed by atoms with E-state index in [-0.39, 0.29) is 11.9 Å². The van der Waals surface area contributed by atoms with Crippen LogP contribution < -0.4 is 10.1 Å². The van der Waals surface area contributed by atoms with Crippen molar-refractivity contribution >= 4 is 0 Å². The summed E-state index contributed by atoms with van der Waals surface area (Å²) < 4.78 is 20.9. The smallest absolute Gasteiger partial charge is 0.124 e. The van der Waals surface area contributed by atoms with Gasteiger partial charge in [0.1, 0.15) is 11.6 Å². The molecule has 0 saturated heterocycles. The minimum atomic E-state index is -0.225. The van der Waals surface area contributed by atoms with E-state index in [0.717, 1.165) is 23.4 Å². The lowest BCUT2D eigenvalue weighted by Gasteiger charge is -2.26. The number of aromatic nitrogens is 2. The molecule has 1 aliphatic heterocycles. The Morgan fingerprint density at radius 2 is 2.42 bits per heavy atom. The van der Waals surface area contributed by atoms with Crippen LogP contribution in [0.15, 0.2) is 30.7 Å². The molecule has 0 spiro atoms. The third kappa shape index (κ3) is 2.46. The molecule has 1 N–H and O–H groups in total. The van der Waals surface area contributed by atoms with Crippen LogP contribution in [0.2, 0.25) is 0 Å². The molecule has 1 aliphatic rings. The maximum Gasteiger partial charge on any atom is 0.124 e. The number of aryl methyl sites for hydroxylation is 1. The number of imidazole rings is 1. The number of hydrogen-bond donors (Lipinski definition) is 1. The maximum atomic E-state index is 13.3. The Morgan fingerprint density at radius 1 is 1.53 bits per heavy atom. The third-order valence-corrected chi connectivity index (χ3v) is 3.46. The molecular weight excluding hydrogens is 245 g/mol. The van der Waals surface area contributed by atoms with Gasteiger partial charge in [0.2, 0.25) is 0 Å². The van der Waals surface area contributed by atoms with Crippen LogP contribution >= 0.6 is 0 Å². The first kappa shape index (κ1) is 12.2. The molecule has 0 saturated carbocycles. The highest BCUT2D eigenvalue weighted by Crippen LogP contribution is 2.32. The highest BCUT2D eigenvalue weighted by molar-refractivity contribution is 5.38. The Labute approximate surface area is 111 Å². The van der Waals surface area contributed by atoms with Crippen LogP contribution in [0.4, 0.5) is 4.39 Å². The fourth-order valence-electron chi connectivity index (χ4n) is 2.36. The van der Waals surface area contributed by atoms with E-state index in [1.807, 2.05) is 17.8 Å². The van der Waals surface area contributed by atoms with E-state index in [1.54, 1.807) is 18.5 Å². The second-order valence-corrected chi connectivity index (χ2v) is 4.75. The Kier molecular flexibility index (Phi) is 3.21. The minimum absolute atomic E-state index is 0.120. The predicted octanol–water partition coefficient (Wildman–Crippen LogP) is 2.17. The number of nitrogens with one attached hydrogen (secondary N) is 1. The van der Waals surface area contributed by atoms with Crippen LogP contribution in [0.5, 0.6) is 5.75 Å². The summed E-state index contributed by atoms with van der Waals surface area (Å²) in [5.41, 5.74) is 2.00. The van der Waals surface area contributed by atoms with Crippen molar-refractivity contribution in [3.8, 4) is 5.75 Å².